The molecule has 0 aliphatic rings. The molecule has 2 amide bonds. The van der Waals surface area contributed by atoms with Crippen molar-refractivity contribution < 1.29 is 9.53 Å². The van der Waals surface area contributed by atoms with Gasteiger partial charge in [0.15, 0.2) is 0 Å². The summed E-state index contributed by atoms with van der Waals surface area (Å²) in [7, 11) is 3.40. The summed E-state index contributed by atoms with van der Waals surface area (Å²) in [5, 5.41) is 5.90. The second-order valence-electron chi connectivity index (χ2n) is 4.14. The van der Waals surface area contributed by atoms with E-state index in [0.717, 1.165) is 11.4 Å². The third-order valence-corrected chi connectivity index (χ3v) is 2.42. The Labute approximate surface area is 113 Å². The van der Waals surface area contributed by atoms with Crippen LogP contribution < -0.4 is 15.4 Å². The number of hydrogen-bond acceptors (Lipinski definition) is 5. The maximum atomic E-state index is 11.3. The molecule has 7 heteroatoms. The van der Waals surface area contributed by atoms with Crippen LogP contribution in [0.5, 0.6) is 5.88 Å². The number of ether oxygens (including phenoxy) is 1. The van der Waals surface area contributed by atoms with E-state index in [4.69, 9.17) is 4.74 Å². The lowest BCUT2D eigenvalue weighted by Crippen LogP contribution is -2.37. The summed E-state index contributed by atoms with van der Waals surface area (Å²) in [4.78, 5) is 21.0. The molecule has 106 valence electrons. The van der Waals surface area contributed by atoms with Crippen molar-refractivity contribution in [2.75, 3.05) is 39.1 Å². The maximum absolute atomic E-state index is 11.3. The van der Waals surface area contributed by atoms with Crippen LogP contribution in [0.3, 0.4) is 0 Å². The number of urea groups is 1. The minimum absolute atomic E-state index is 0.115. The summed E-state index contributed by atoms with van der Waals surface area (Å²) in [6.07, 6.45) is 1.46. The summed E-state index contributed by atoms with van der Waals surface area (Å²) < 4.78 is 5.39. The largest absolute Gasteiger partial charge is 0.478 e. The summed E-state index contributed by atoms with van der Waals surface area (Å²) in [5.74, 6) is 1.30. The fourth-order valence-corrected chi connectivity index (χ4v) is 1.40. The predicted octanol–water partition coefficient (Wildman–Crippen LogP) is 0.867. The van der Waals surface area contributed by atoms with Crippen LogP contribution in [-0.4, -0.2) is 54.7 Å². The molecule has 1 heterocycles. The van der Waals surface area contributed by atoms with E-state index in [1.54, 1.807) is 14.1 Å². The molecule has 0 aromatic carbocycles. The average molecular weight is 267 g/mol. The van der Waals surface area contributed by atoms with E-state index in [1.807, 2.05) is 13.8 Å². The molecular formula is C12H21N5O2. The van der Waals surface area contributed by atoms with Crippen LogP contribution in [0.15, 0.2) is 6.33 Å². The molecule has 7 nitrogen and oxygen atoms in total. The summed E-state index contributed by atoms with van der Waals surface area (Å²) in [5.41, 5.74) is 0.864. The van der Waals surface area contributed by atoms with Gasteiger partial charge in [-0.3, -0.25) is 0 Å². The van der Waals surface area contributed by atoms with Crippen LogP contribution in [0.25, 0.3) is 0 Å². The number of nitrogens with zero attached hydrogens (tertiary/aromatic N) is 3. The molecule has 19 heavy (non-hydrogen) atoms. The van der Waals surface area contributed by atoms with E-state index in [-0.39, 0.29) is 6.03 Å². The van der Waals surface area contributed by atoms with Crippen molar-refractivity contribution in [3.8, 4) is 5.88 Å². The molecule has 0 aliphatic carbocycles. The van der Waals surface area contributed by atoms with E-state index in [0.29, 0.717) is 25.6 Å². The zero-order chi connectivity index (χ0) is 14.3. The highest BCUT2D eigenvalue weighted by atomic mass is 16.5. The van der Waals surface area contributed by atoms with Gasteiger partial charge in [-0.15, -0.1) is 0 Å². The number of anilines is 1. The van der Waals surface area contributed by atoms with Crippen LogP contribution in [0.2, 0.25) is 0 Å². The fraction of sp³-hybridized carbons (Fsp3) is 0.583. The van der Waals surface area contributed by atoms with Crippen molar-refractivity contribution in [1.29, 1.82) is 0 Å². The standard InChI is InChI=1S/C12H21N5O2/c1-5-19-11-9(2)10(15-8-16-11)13-6-7-14-12(18)17(3)4/h8H,5-7H2,1-4H3,(H,14,18)(H,13,15,16). The molecule has 0 unspecified atom stereocenters. The Bertz CT molecular complexity index is 423. The van der Waals surface area contributed by atoms with E-state index < -0.39 is 0 Å². The molecule has 2 N–H and O–H groups in total. The second-order valence-corrected chi connectivity index (χ2v) is 4.14. The van der Waals surface area contributed by atoms with Gasteiger partial charge in [-0.1, -0.05) is 0 Å². The number of aromatic nitrogens is 2. The molecular weight excluding hydrogens is 246 g/mol. The lowest BCUT2D eigenvalue weighted by Gasteiger charge is -2.13. The highest BCUT2D eigenvalue weighted by Gasteiger charge is 2.07. The van der Waals surface area contributed by atoms with Crippen molar-refractivity contribution in [2.24, 2.45) is 0 Å². The topological polar surface area (TPSA) is 79.4 Å². The normalized spacial score (nSPS) is 9.89. The number of rotatable bonds is 6. The number of nitrogens with one attached hydrogen (secondary N) is 2. The van der Waals surface area contributed by atoms with Gasteiger partial charge in [-0.25, -0.2) is 14.8 Å². The highest BCUT2D eigenvalue weighted by molar-refractivity contribution is 5.73. The third-order valence-electron chi connectivity index (χ3n) is 2.42. The minimum Gasteiger partial charge on any atom is -0.478 e. The van der Waals surface area contributed by atoms with Gasteiger partial charge in [-0.2, -0.15) is 0 Å². The van der Waals surface area contributed by atoms with Crippen LogP contribution in [-0.2, 0) is 0 Å². The van der Waals surface area contributed by atoms with Crippen molar-refractivity contribution in [1.82, 2.24) is 20.2 Å². The molecule has 0 spiro atoms. The first-order valence-corrected chi connectivity index (χ1v) is 6.19. The van der Waals surface area contributed by atoms with Gasteiger partial charge in [0.2, 0.25) is 5.88 Å². The highest BCUT2D eigenvalue weighted by Crippen LogP contribution is 2.19. The molecule has 0 fully saturated rings. The van der Waals surface area contributed by atoms with Gasteiger partial charge in [0.05, 0.1) is 12.2 Å². The second kappa shape index (κ2) is 7.40. The number of hydrogen-bond donors (Lipinski definition) is 2. The van der Waals surface area contributed by atoms with Crippen LogP contribution >= 0.6 is 0 Å². The Morgan fingerprint density at radius 1 is 1.37 bits per heavy atom. The molecule has 0 aliphatic heterocycles. The van der Waals surface area contributed by atoms with Gasteiger partial charge in [0, 0.05) is 27.2 Å². The smallest absolute Gasteiger partial charge is 0.316 e. The third kappa shape index (κ3) is 4.61. The lowest BCUT2D eigenvalue weighted by molar-refractivity contribution is 0.218. The first-order chi connectivity index (χ1) is 9.06. The maximum Gasteiger partial charge on any atom is 0.316 e. The number of amides is 2. The fourth-order valence-electron chi connectivity index (χ4n) is 1.40. The first-order valence-electron chi connectivity index (χ1n) is 6.19. The minimum atomic E-state index is -0.115. The van der Waals surface area contributed by atoms with E-state index in [2.05, 4.69) is 20.6 Å². The Balaban J connectivity index is 2.45. The van der Waals surface area contributed by atoms with Crippen molar-refractivity contribution in [3.63, 3.8) is 0 Å². The van der Waals surface area contributed by atoms with E-state index in [9.17, 15) is 4.79 Å². The molecule has 1 aromatic heterocycles. The van der Waals surface area contributed by atoms with Gasteiger partial charge < -0.3 is 20.3 Å². The predicted molar refractivity (Wildman–Crippen MR) is 73.5 cm³/mol. The molecule has 0 bridgehead atoms. The van der Waals surface area contributed by atoms with Crippen LogP contribution in [0.1, 0.15) is 12.5 Å². The van der Waals surface area contributed by atoms with Crippen LogP contribution in [0.4, 0.5) is 10.6 Å². The Kier molecular flexibility index (Phi) is 5.84. The van der Waals surface area contributed by atoms with E-state index in [1.165, 1.54) is 11.2 Å². The number of carbonyl (C=O) groups is 1. The Morgan fingerprint density at radius 3 is 2.74 bits per heavy atom. The molecule has 0 atom stereocenters. The van der Waals surface area contributed by atoms with Gasteiger partial charge in [-0.05, 0) is 13.8 Å². The van der Waals surface area contributed by atoms with Crippen molar-refractivity contribution in [2.45, 2.75) is 13.8 Å². The zero-order valence-corrected chi connectivity index (χ0v) is 11.9. The molecule has 0 saturated heterocycles. The first kappa shape index (κ1) is 15.0. The molecule has 0 radical (unpaired) electrons. The zero-order valence-electron chi connectivity index (χ0n) is 11.9. The molecule has 1 aromatic rings. The van der Waals surface area contributed by atoms with Crippen molar-refractivity contribution in [3.05, 3.63) is 11.9 Å². The Hall–Kier alpha value is -2.05. The van der Waals surface area contributed by atoms with Crippen LogP contribution in [0, 0.1) is 6.92 Å². The average Bonchev–Trinajstić information content (AvgIpc) is 2.38. The molecule has 0 saturated carbocycles. The van der Waals surface area contributed by atoms with Gasteiger partial charge in [0.1, 0.15) is 12.1 Å². The monoisotopic (exact) mass is 267 g/mol. The summed E-state index contributed by atoms with van der Waals surface area (Å²) in [6, 6.07) is -0.115. The quantitative estimate of drug-likeness (QED) is 0.748. The SMILES string of the molecule is CCOc1ncnc(NCCNC(=O)N(C)C)c1C. The van der Waals surface area contributed by atoms with Gasteiger partial charge >= 0.3 is 6.03 Å². The Morgan fingerprint density at radius 2 is 2.11 bits per heavy atom. The van der Waals surface area contributed by atoms with E-state index >= 15 is 0 Å². The lowest BCUT2D eigenvalue weighted by atomic mass is 10.3. The summed E-state index contributed by atoms with van der Waals surface area (Å²) >= 11 is 0. The van der Waals surface area contributed by atoms with Gasteiger partial charge in [0.25, 0.3) is 0 Å². The molecule has 1 rings (SSSR count). The summed E-state index contributed by atoms with van der Waals surface area (Å²) in [6.45, 7) is 5.47. The van der Waals surface area contributed by atoms with Crippen molar-refractivity contribution >= 4 is 11.8 Å². The number of carbonyl (C=O) groups excluding carboxylic acids is 1.